The number of nitrogens with zero attached hydrogens (tertiary/aromatic N) is 2. The number of benzene rings is 2. The molecule has 0 spiro atoms. The lowest BCUT2D eigenvalue weighted by Gasteiger charge is -2.16. The van der Waals surface area contributed by atoms with Crippen LogP contribution in [0.1, 0.15) is 17.3 Å². The predicted molar refractivity (Wildman–Crippen MR) is 86.3 cm³/mol. The Labute approximate surface area is 132 Å². The van der Waals surface area contributed by atoms with Gasteiger partial charge in [-0.3, -0.25) is 10.5 Å². The second-order valence-electron chi connectivity index (χ2n) is 4.77. The summed E-state index contributed by atoms with van der Waals surface area (Å²) in [6.07, 6.45) is 0. The Kier molecular flexibility index (Phi) is 3.87. The largest absolute Gasteiger partial charge is 0.271 e. The first-order chi connectivity index (χ1) is 10.1. The number of halogens is 2. The zero-order valence-corrected chi connectivity index (χ0v) is 12.9. The molecule has 0 amide bonds. The van der Waals surface area contributed by atoms with Gasteiger partial charge in [0.2, 0.25) is 0 Å². The summed E-state index contributed by atoms with van der Waals surface area (Å²) in [5, 5.41) is 6.59. The van der Waals surface area contributed by atoms with Gasteiger partial charge in [-0.2, -0.15) is 5.10 Å². The van der Waals surface area contributed by atoms with Crippen molar-refractivity contribution in [1.29, 1.82) is 0 Å². The van der Waals surface area contributed by atoms with Crippen LogP contribution in [-0.4, -0.2) is 9.78 Å². The third kappa shape index (κ3) is 2.40. The Hall–Kier alpha value is -1.59. The van der Waals surface area contributed by atoms with Crippen molar-refractivity contribution in [1.82, 2.24) is 15.2 Å². The van der Waals surface area contributed by atoms with Crippen LogP contribution >= 0.6 is 23.2 Å². The number of aromatic nitrogens is 2. The highest BCUT2D eigenvalue weighted by molar-refractivity contribution is 6.42. The fourth-order valence-electron chi connectivity index (χ4n) is 2.51. The van der Waals surface area contributed by atoms with Gasteiger partial charge >= 0.3 is 0 Å². The topological polar surface area (TPSA) is 55.9 Å². The monoisotopic (exact) mass is 320 g/mol. The van der Waals surface area contributed by atoms with Crippen LogP contribution in [-0.2, 0) is 7.05 Å². The van der Waals surface area contributed by atoms with Crippen molar-refractivity contribution in [2.45, 2.75) is 6.04 Å². The summed E-state index contributed by atoms with van der Waals surface area (Å²) in [6, 6.07) is 13.1. The molecule has 4 nitrogen and oxygen atoms in total. The molecule has 0 radical (unpaired) electrons. The maximum absolute atomic E-state index is 6.31. The van der Waals surface area contributed by atoms with E-state index in [1.165, 1.54) is 0 Å². The lowest BCUT2D eigenvalue weighted by molar-refractivity contribution is 0.608. The van der Waals surface area contributed by atoms with Crippen LogP contribution in [0.4, 0.5) is 0 Å². The first-order valence-corrected chi connectivity index (χ1v) is 7.20. The summed E-state index contributed by atoms with van der Waals surface area (Å²) in [6.45, 7) is 0. The molecule has 3 aromatic rings. The summed E-state index contributed by atoms with van der Waals surface area (Å²) in [4.78, 5) is 0. The lowest BCUT2D eigenvalue weighted by Crippen LogP contribution is -2.29. The Bertz CT molecular complexity index is 797. The quantitative estimate of drug-likeness (QED) is 0.574. The van der Waals surface area contributed by atoms with Crippen LogP contribution < -0.4 is 11.3 Å². The molecule has 3 rings (SSSR count). The van der Waals surface area contributed by atoms with Gasteiger partial charge in [-0.1, -0.05) is 53.5 Å². The maximum Gasteiger partial charge on any atom is 0.0931 e. The minimum absolute atomic E-state index is 0.331. The van der Waals surface area contributed by atoms with Crippen LogP contribution in [0.15, 0.2) is 42.5 Å². The molecule has 21 heavy (non-hydrogen) atoms. The molecule has 0 aliphatic heterocycles. The number of hydrazine groups is 1. The first kappa shape index (κ1) is 14.4. The Morgan fingerprint density at radius 1 is 1.14 bits per heavy atom. The number of nitrogens with two attached hydrogens (primary N) is 1. The highest BCUT2D eigenvalue weighted by atomic mass is 35.5. The van der Waals surface area contributed by atoms with Gasteiger partial charge in [0.1, 0.15) is 0 Å². The van der Waals surface area contributed by atoms with Crippen LogP contribution in [0.2, 0.25) is 10.0 Å². The molecule has 0 aliphatic carbocycles. The fraction of sp³-hybridized carbons (Fsp3) is 0.133. The van der Waals surface area contributed by atoms with Gasteiger partial charge in [0, 0.05) is 12.4 Å². The van der Waals surface area contributed by atoms with E-state index in [2.05, 4.69) is 10.5 Å². The van der Waals surface area contributed by atoms with Crippen molar-refractivity contribution < 1.29 is 0 Å². The molecule has 0 saturated heterocycles. The summed E-state index contributed by atoms with van der Waals surface area (Å²) >= 11 is 12.4. The zero-order chi connectivity index (χ0) is 15.0. The van der Waals surface area contributed by atoms with Gasteiger partial charge in [-0.25, -0.2) is 5.43 Å². The van der Waals surface area contributed by atoms with Gasteiger partial charge in [0.25, 0.3) is 0 Å². The molecule has 3 N–H and O–H groups in total. The lowest BCUT2D eigenvalue weighted by atomic mass is 10.0. The molecule has 0 aliphatic rings. The fourth-order valence-corrected chi connectivity index (χ4v) is 2.93. The first-order valence-electron chi connectivity index (χ1n) is 6.45. The normalized spacial score (nSPS) is 12.8. The second-order valence-corrected chi connectivity index (χ2v) is 5.55. The average Bonchev–Trinajstić information content (AvgIpc) is 2.82. The van der Waals surface area contributed by atoms with Crippen LogP contribution in [0.3, 0.4) is 0 Å². The van der Waals surface area contributed by atoms with Crippen molar-refractivity contribution in [3.05, 3.63) is 63.8 Å². The van der Waals surface area contributed by atoms with Gasteiger partial charge in [0.05, 0.1) is 27.3 Å². The van der Waals surface area contributed by atoms with Crippen LogP contribution in [0, 0.1) is 0 Å². The molecule has 1 heterocycles. The summed E-state index contributed by atoms with van der Waals surface area (Å²) in [7, 11) is 1.90. The Morgan fingerprint density at radius 3 is 2.67 bits per heavy atom. The predicted octanol–water partition coefficient (Wildman–Crippen LogP) is 3.43. The molecule has 1 unspecified atom stereocenters. The molecule has 1 aromatic heterocycles. The highest BCUT2D eigenvalue weighted by Gasteiger charge is 2.22. The van der Waals surface area contributed by atoms with Gasteiger partial charge in [0.15, 0.2) is 0 Å². The van der Waals surface area contributed by atoms with Gasteiger partial charge in [-0.05, 0) is 17.7 Å². The van der Waals surface area contributed by atoms with E-state index in [0.29, 0.717) is 10.0 Å². The van der Waals surface area contributed by atoms with E-state index >= 15 is 0 Å². The molecular formula is C15H14Cl2N4. The third-order valence-corrected chi connectivity index (χ3v) is 4.35. The van der Waals surface area contributed by atoms with Crippen LogP contribution in [0.25, 0.3) is 10.9 Å². The third-order valence-electron chi connectivity index (χ3n) is 3.52. The van der Waals surface area contributed by atoms with Crippen molar-refractivity contribution >= 4 is 34.1 Å². The van der Waals surface area contributed by atoms with E-state index in [9.17, 15) is 0 Å². The Morgan fingerprint density at radius 2 is 1.90 bits per heavy atom. The summed E-state index contributed by atoms with van der Waals surface area (Å²) in [5.74, 6) is 5.76. The number of aryl methyl sites for hydroxylation is 1. The standard InChI is InChI=1S/C15H14Cl2N4/c1-21-12-8-3-2-5-9(12)15(20-21)14(19-18)10-6-4-7-11(16)13(10)17/h2-8,14,19H,18H2,1H3. The highest BCUT2D eigenvalue weighted by Crippen LogP contribution is 2.34. The van der Waals surface area contributed by atoms with E-state index < -0.39 is 0 Å². The number of nitrogens with one attached hydrogen (secondary N) is 1. The number of rotatable bonds is 3. The summed E-state index contributed by atoms with van der Waals surface area (Å²) < 4.78 is 1.83. The second kappa shape index (κ2) is 5.66. The molecule has 0 saturated carbocycles. The van der Waals surface area contributed by atoms with E-state index in [0.717, 1.165) is 22.2 Å². The van der Waals surface area contributed by atoms with E-state index in [-0.39, 0.29) is 6.04 Å². The molecule has 108 valence electrons. The van der Waals surface area contributed by atoms with Crippen molar-refractivity contribution in [3.8, 4) is 0 Å². The molecule has 2 aromatic carbocycles. The van der Waals surface area contributed by atoms with Crippen molar-refractivity contribution in [3.63, 3.8) is 0 Å². The van der Waals surface area contributed by atoms with Crippen LogP contribution in [0.5, 0.6) is 0 Å². The smallest absolute Gasteiger partial charge is 0.0931 e. The number of hydrogen-bond donors (Lipinski definition) is 2. The molecular weight excluding hydrogens is 307 g/mol. The van der Waals surface area contributed by atoms with Gasteiger partial charge < -0.3 is 0 Å². The van der Waals surface area contributed by atoms with E-state index in [1.807, 2.05) is 48.1 Å². The molecule has 6 heteroatoms. The molecule has 0 fully saturated rings. The van der Waals surface area contributed by atoms with E-state index in [1.54, 1.807) is 6.07 Å². The molecule has 0 bridgehead atoms. The van der Waals surface area contributed by atoms with Gasteiger partial charge in [-0.15, -0.1) is 0 Å². The minimum Gasteiger partial charge on any atom is -0.271 e. The van der Waals surface area contributed by atoms with Crippen molar-refractivity contribution in [2.24, 2.45) is 12.9 Å². The maximum atomic E-state index is 6.31. The average molecular weight is 321 g/mol. The molecule has 1 atom stereocenters. The van der Waals surface area contributed by atoms with Crippen molar-refractivity contribution in [2.75, 3.05) is 0 Å². The number of fused-ring (bicyclic) bond motifs is 1. The SMILES string of the molecule is Cn1nc(C(NN)c2cccc(Cl)c2Cl)c2ccccc21. The minimum atomic E-state index is -0.331. The summed E-state index contributed by atoms with van der Waals surface area (Å²) in [5.41, 5.74) is 5.44. The number of para-hydroxylation sites is 1. The van der Waals surface area contributed by atoms with E-state index in [4.69, 9.17) is 29.0 Å². The Balaban J connectivity index is 2.21. The number of hydrogen-bond acceptors (Lipinski definition) is 3. The zero-order valence-electron chi connectivity index (χ0n) is 11.3.